The van der Waals surface area contributed by atoms with E-state index in [0.29, 0.717) is 5.57 Å². The molecule has 0 bridgehead atoms. The maximum absolute atomic E-state index is 9.72. The second-order valence-electron chi connectivity index (χ2n) is 1.51. The van der Waals surface area contributed by atoms with Crippen molar-refractivity contribution in [1.29, 1.82) is 0 Å². The lowest BCUT2D eigenvalue weighted by Gasteiger charge is -1.85. The quantitative estimate of drug-likeness (QED) is 0.355. The first-order valence-electron chi connectivity index (χ1n) is 2.06. The molecule has 0 saturated carbocycles. The predicted octanol–water partition coefficient (Wildman–Crippen LogP) is 1.34. The zero-order valence-electron chi connectivity index (χ0n) is 4.62. The Morgan fingerprint density at radius 1 is 1.57 bits per heavy atom. The molecule has 0 spiro atoms. The smallest absolute Gasteiger partial charge is 0.127 e. The van der Waals surface area contributed by atoms with E-state index in [9.17, 15) is 4.79 Å². The van der Waals surface area contributed by atoms with Gasteiger partial charge in [-0.1, -0.05) is 6.58 Å². The van der Waals surface area contributed by atoms with Gasteiger partial charge in [0.15, 0.2) is 0 Å². The Balaban J connectivity index is 4.10. The first kappa shape index (κ1) is 6.19. The van der Waals surface area contributed by atoms with E-state index in [1.54, 1.807) is 19.8 Å². The summed E-state index contributed by atoms with van der Waals surface area (Å²) in [6.07, 6.45) is 0. The summed E-state index contributed by atoms with van der Waals surface area (Å²) >= 11 is 0. The van der Waals surface area contributed by atoms with Crippen LogP contribution in [0.3, 0.4) is 0 Å². The number of hydrogen-bond donors (Lipinski definition) is 0. The van der Waals surface area contributed by atoms with Crippen LogP contribution in [0.25, 0.3) is 0 Å². The monoisotopic (exact) mass is 96.1 g/mol. The molecular formula is C6H8O. The van der Waals surface area contributed by atoms with Crippen LogP contribution in [0.15, 0.2) is 17.7 Å². The SMILES string of the molecule is C=C(C)C(C)=C=O. The summed E-state index contributed by atoms with van der Waals surface area (Å²) in [5.41, 5.74) is 1.38. The Labute approximate surface area is 43.3 Å². The molecule has 0 aromatic heterocycles. The first-order chi connectivity index (χ1) is 3.18. The highest BCUT2D eigenvalue weighted by Gasteiger charge is 1.84. The highest BCUT2D eigenvalue weighted by Crippen LogP contribution is 1.97. The van der Waals surface area contributed by atoms with Gasteiger partial charge in [0.1, 0.15) is 5.94 Å². The predicted molar refractivity (Wildman–Crippen MR) is 29.7 cm³/mol. The van der Waals surface area contributed by atoms with Crippen LogP contribution in [0.1, 0.15) is 13.8 Å². The van der Waals surface area contributed by atoms with Gasteiger partial charge in [-0.2, -0.15) is 0 Å². The van der Waals surface area contributed by atoms with Gasteiger partial charge < -0.3 is 0 Å². The third kappa shape index (κ3) is 1.96. The zero-order chi connectivity index (χ0) is 5.86. The van der Waals surface area contributed by atoms with Crippen molar-refractivity contribution in [3.05, 3.63) is 17.7 Å². The molecule has 0 atom stereocenters. The van der Waals surface area contributed by atoms with Crippen molar-refractivity contribution >= 4 is 5.94 Å². The van der Waals surface area contributed by atoms with Gasteiger partial charge in [-0.15, -0.1) is 0 Å². The maximum atomic E-state index is 9.72. The van der Waals surface area contributed by atoms with Crippen molar-refractivity contribution in [2.45, 2.75) is 13.8 Å². The van der Waals surface area contributed by atoms with Crippen LogP contribution in [-0.2, 0) is 4.79 Å². The number of allylic oxidation sites excluding steroid dienone is 2. The van der Waals surface area contributed by atoms with Gasteiger partial charge in [-0.25, -0.2) is 4.79 Å². The molecule has 0 aliphatic carbocycles. The van der Waals surface area contributed by atoms with Crippen LogP contribution in [0.2, 0.25) is 0 Å². The second-order valence-corrected chi connectivity index (χ2v) is 1.51. The van der Waals surface area contributed by atoms with E-state index in [4.69, 9.17) is 0 Å². The van der Waals surface area contributed by atoms with E-state index in [-0.39, 0.29) is 0 Å². The van der Waals surface area contributed by atoms with E-state index >= 15 is 0 Å². The Hall–Kier alpha value is -0.810. The molecule has 0 aromatic carbocycles. The largest absolute Gasteiger partial charge is 0.233 e. The molecule has 0 unspecified atom stereocenters. The van der Waals surface area contributed by atoms with E-state index < -0.39 is 0 Å². The Morgan fingerprint density at radius 3 is 2.00 bits per heavy atom. The summed E-state index contributed by atoms with van der Waals surface area (Å²) in [5, 5.41) is 0. The van der Waals surface area contributed by atoms with Crippen molar-refractivity contribution in [3.63, 3.8) is 0 Å². The van der Waals surface area contributed by atoms with E-state index in [0.717, 1.165) is 5.57 Å². The van der Waals surface area contributed by atoms with Gasteiger partial charge >= 0.3 is 0 Å². The Kier molecular flexibility index (Phi) is 2.10. The van der Waals surface area contributed by atoms with Crippen LogP contribution in [0.5, 0.6) is 0 Å². The van der Waals surface area contributed by atoms with Crippen LogP contribution in [0, 0.1) is 0 Å². The summed E-state index contributed by atoms with van der Waals surface area (Å²) in [6.45, 7) is 6.99. The van der Waals surface area contributed by atoms with Gasteiger partial charge in [0.05, 0.1) is 0 Å². The third-order valence-electron chi connectivity index (χ3n) is 0.793. The Morgan fingerprint density at radius 2 is 2.00 bits per heavy atom. The van der Waals surface area contributed by atoms with E-state index in [1.165, 1.54) is 0 Å². The molecule has 1 heteroatoms. The minimum Gasteiger partial charge on any atom is -0.233 e. The lowest BCUT2D eigenvalue weighted by atomic mass is 10.2. The summed E-state index contributed by atoms with van der Waals surface area (Å²) in [4.78, 5) is 9.72. The average Bonchev–Trinajstić information content (AvgIpc) is 1.65. The zero-order valence-corrected chi connectivity index (χ0v) is 4.62. The normalized spacial score (nSPS) is 7.14. The van der Waals surface area contributed by atoms with Crippen LogP contribution < -0.4 is 0 Å². The fraction of sp³-hybridized carbons (Fsp3) is 0.333. The van der Waals surface area contributed by atoms with Gasteiger partial charge in [0.2, 0.25) is 0 Å². The van der Waals surface area contributed by atoms with Crippen LogP contribution >= 0.6 is 0 Å². The number of carbonyl (C=O) groups excluding carboxylic acids is 1. The van der Waals surface area contributed by atoms with Crippen molar-refractivity contribution in [3.8, 4) is 0 Å². The highest BCUT2D eigenvalue weighted by molar-refractivity contribution is 5.58. The fourth-order valence-electron chi connectivity index (χ4n) is 0.0871. The average molecular weight is 96.1 g/mol. The van der Waals surface area contributed by atoms with Crippen molar-refractivity contribution in [1.82, 2.24) is 0 Å². The molecule has 0 amide bonds. The molecule has 0 aliphatic heterocycles. The van der Waals surface area contributed by atoms with E-state index in [2.05, 4.69) is 6.58 Å². The molecule has 38 valence electrons. The number of rotatable bonds is 1. The van der Waals surface area contributed by atoms with E-state index in [1.807, 2.05) is 0 Å². The lowest BCUT2D eigenvalue weighted by Crippen LogP contribution is -1.73. The van der Waals surface area contributed by atoms with Gasteiger partial charge in [-0.05, 0) is 19.4 Å². The molecule has 0 N–H and O–H groups in total. The molecule has 0 fully saturated rings. The summed E-state index contributed by atoms with van der Waals surface area (Å²) in [7, 11) is 0. The van der Waals surface area contributed by atoms with Crippen LogP contribution in [0.4, 0.5) is 0 Å². The summed E-state index contributed by atoms with van der Waals surface area (Å²) < 4.78 is 0. The standard InChI is InChI=1S/C6H8O/c1-5(2)6(3)4-7/h1H2,2-3H3. The summed E-state index contributed by atoms with van der Waals surface area (Å²) in [5.74, 6) is 1.73. The minimum atomic E-state index is 0.597. The molecule has 0 aliphatic rings. The molecule has 0 heterocycles. The topological polar surface area (TPSA) is 17.1 Å². The van der Waals surface area contributed by atoms with Gasteiger partial charge in [0, 0.05) is 5.57 Å². The molecule has 0 aromatic rings. The van der Waals surface area contributed by atoms with Gasteiger partial charge in [-0.3, -0.25) is 0 Å². The maximum Gasteiger partial charge on any atom is 0.127 e. The van der Waals surface area contributed by atoms with Crippen molar-refractivity contribution in [2.24, 2.45) is 0 Å². The fourth-order valence-corrected chi connectivity index (χ4v) is 0.0871. The highest BCUT2D eigenvalue weighted by atomic mass is 16.1. The first-order valence-corrected chi connectivity index (χ1v) is 2.06. The molecule has 1 nitrogen and oxygen atoms in total. The van der Waals surface area contributed by atoms with Crippen molar-refractivity contribution < 1.29 is 4.79 Å². The Bertz CT molecular complexity index is 127. The second kappa shape index (κ2) is 2.38. The third-order valence-corrected chi connectivity index (χ3v) is 0.793. The number of hydrogen-bond acceptors (Lipinski definition) is 1. The molecule has 0 rings (SSSR count). The minimum absolute atomic E-state index is 0.597. The molecule has 7 heavy (non-hydrogen) atoms. The van der Waals surface area contributed by atoms with Gasteiger partial charge in [0.25, 0.3) is 0 Å². The summed E-state index contributed by atoms with van der Waals surface area (Å²) in [6, 6.07) is 0. The molecule has 0 saturated heterocycles. The van der Waals surface area contributed by atoms with Crippen LogP contribution in [-0.4, -0.2) is 5.94 Å². The molecule has 0 radical (unpaired) electrons. The van der Waals surface area contributed by atoms with Crippen molar-refractivity contribution in [2.75, 3.05) is 0 Å². The molecular weight excluding hydrogens is 88.1 g/mol. The lowest BCUT2D eigenvalue weighted by molar-refractivity contribution is 0.567.